The summed E-state index contributed by atoms with van der Waals surface area (Å²) in [5.41, 5.74) is 0. The number of carbonyl (C=O) groups excluding carboxylic acids is 1. The van der Waals surface area contributed by atoms with Gasteiger partial charge in [-0.1, -0.05) is 0 Å². The Bertz CT molecular complexity index is 289. The van der Waals surface area contributed by atoms with Gasteiger partial charge >= 0.3 is 0 Å². The quantitative estimate of drug-likeness (QED) is 0.817. The van der Waals surface area contributed by atoms with E-state index >= 15 is 0 Å². The Morgan fingerprint density at radius 2 is 1.94 bits per heavy atom. The third-order valence-electron chi connectivity index (χ3n) is 4.48. The first-order valence-electron chi connectivity index (χ1n) is 7.33. The van der Waals surface area contributed by atoms with Crippen molar-refractivity contribution < 1.29 is 4.79 Å². The number of likely N-dealkylation sites (tertiary alicyclic amines) is 2. The van der Waals surface area contributed by atoms with Gasteiger partial charge in [0.1, 0.15) is 0 Å². The molecule has 2 heterocycles. The Morgan fingerprint density at radius 1 is 1.28 bits per heavy atom. The van der Waals surface area contributed by atoms with Gasteiger partial charge in [-0.15, -0.1) is 0 Å². The highest BCUT2D eigenvalue weighted by molar-refractivity contribution is 5.81. The average molecular weight is 253 g/mol. The van der Waals surface area contributed by atoms with Crippen molar-refractivity contribution in [1.29, 1.82) is 0 Å². The van der Waals surface area contributed by atoms with E-state index in [1.54, 1.807) is 0 Å². The first-order chi connectivity index (χ1) is 8.58. The monoisotopic (exact) mass is 253 g/mol. The molecule has 104 valence electrons. The maximum atomic E-state index is 12.2. The summed E-state index contributed by atoms with van der Waals surface area (Å²) in [5.74, 6) is 0.291. The van der Waals surface area contributed by atoms with Gasteiger partial charge in [-0.05, 0) is 53.1 Å². The van der Waals surface area contributed by atoms with Gasteiger partial charge in [0.2, 0.25) is 5.91 Å². The van der Waals surface area contributed by atoms with Crippen LogP contribution in [0.5, 0.6) is 0 Å². The molecular weight excluding hydrogens is 226 g/mol. The maximum absolute atomic E-state index is 12.2. The normalized spacial score (nSPS) is 31.6. The first kappa shape index (κ1) is 13.8. The van der Waals surface area contributed by atoms with E-state index in [0.717, 1.165) is 32.5 Å². The fourth-order valence-corrected chi connectivity index (χ4v) is 3.08. The second-order valence-corrected chi connectivity index (χ2v) is 5.97. The minimum absolute atomic E-state index is 0.0243. The summed E-state index contributed by atoms with van der Waals surface area (Å²) < 4.78 is 0. The fraction of sp³-hybridized carbons (Fsp3) is 0.929. The number of rotatable bonds is 3. The summed E-state index contributed by atoms with van der Waals surface area (Å²) in [7, 11) is 2.18. The van der Waals surface area contributed by atoms with Crippen LogP contribution < -0.4 is 5.32 Å². The van der Waals surface area contributed by atoms with E-state index in [0.29, 0.717) is 18.0 Å². The molecule has 0 aromatic carbocycles. The lowest BCUT2D eigenvalue weighted by Crippen LogP contribution is -2.52. The molecule has 2 fully saturated rings. The number of carbonyl (C=O) groups is 1. The molecule has 3 atom stereocenters. The van der Waals surface area contributed by atoms with Crippen LogP contribution in [0.2, 0.25) is 0 Å². The van der Waals surface area contributed by atoms with Crippen LogP contribution in [0.25, 0.3) is 0 Å². The van der Waals surface area contributed by atoms with Gasteiger partial charge in [-0.3, -0.25) is 4.79 Å². The second-order valence-electron chi connectivity index (χ2n) is 5.97. The molecule has 4 nitrogen and oxygen atoms in total. The highest BCUT2D eigenvalue weighted by atomic mass is 16.2. The van der Waals surface area contributed by atoms with Crippen LogP contribution in [0.1, 0.15) is 39.5 Å². The summed E-state index contributed by atoms with van der Waals surface area (Å²) in [4.78, 5) is 16.6. The van der Waals surface area contributed by atoms with Crippen LogP contribution in [0.3, 0.4) is 0 Å². The summed E-state index contributed by atoms with van der Waals surface area (Å²) in [5, 5.41) is 3.53. The minimum Gasteiger partial charge on any atom is -0.341 e. The molecule has 0 bridgehead atoms. The second kappa shape index (κ2) is 6.02. The van der Waals surface area contributed by atoms with E-state index in [4.69, 9.17) is 0 Å². The Balaban J connectivity index is 1.79. The van der Waals surface area contributed by atoms with Crippen LogP contribution in [-0.2, 0) is 4.79 Å². The van der Waals surface area contributed by atoms with Crippen molar-refractivity contribution in [2.75, 3.05) is 26.7 Å². The van der Waals surface area contributed by atoms with Crippen LogP contribution in [0.4, 0.5) is 0 Å². The number of hydrogen-bond donors (Lipinski definition) is 1. The van der Waals surface area contributed by atoms with E-state index in [-0.39, 0.29) is 6.04 Å². The molecule has 2 aliphatic rings. The van der Waals surface area contributed by atoms with Crippen LogP contribution in [0, 0.1) is 0 Å². The number of piperidine rings is 1. The van der Waals surface area contributed by atoms with Gasteiger partial charge in [0.05, 0.1) is 6.04 Å². The van der Waals surface area contributed by atoms with Crippen molar-refractivity contribution in [2.45, 2.75) is 57.7 Å². The summed E-state index contributed by atoms with van der Waals surface area (Å²) in [6.45, 7) is 7.32. The minimum atomic E-state index is -0.0243. The Kier molecular flexibility index (Phi) is 4.62. The molecule has 0 radical (unpaired) electrons. The number of amides is 1. The van der Waals surface area contributed by atoms with E-state index in [2.05, 4.69) is 24.2 Å². The Labute approximate surface area is 111 Å². The lowest BCUT2D eigenvalue weighted by molar-refractivity contribution is -0.132. The highest BCUT2D eigenvalue weighted by Gasteiger charge is 2.28. The zero-order valence-corrected chi connectivity index (χ0v) is 12.0. The molecule has 2 rings (SSSR count). The van der Waals surface area contributed by atoms with Crippen molar-refractivity contribution in [2.24, 2.45) is 0 Å². The summed E-state index contributed by atoms with van der Waals surface area (Å²) in [6.07, 6.45) is 4.64. The zero-order chi connectivity index (χ0) is 13.1. The number of nitrogens with one attached hydrogen (secondary N) is 1. The van der Waals surface area contributed by atoms with Gasteiger partial charge in [-0.2, -0.15) is 0 Å². The van der Waals surface area contributed by atoms with Crippen molar-refractivity contribution in [1.82, 2.24) is 15.1 Å². The standard InChI is InChI=1S/C14H27N3O/c1-11-10-13(6-9-16(11)3)15-12(2)14(18)17-7-4-5-8-17/h11-13,15H,4-10H2,1-3H3. The molecule has 2 saturated heterocycles. The molecule has 0 aliphatic carbocycles. The lowest BCUT2D eigenvalue weighted by Gasteiger charge is -2.37. The topological polar surface area (TPSA) is 35.6 Å². The van der Waals surface area contributed by atoms with Crippen molar-refractivity contribution >= 4 is 5.91 Å². The van der Waals surface area contributed by atoms with Gasteiger partial charge < -0.3 is 15.1 Å². The smallest absolute Gasteiger partial charge is 0.239 e. The van der Waals surface area contributed by atoms with Gasteiger partial charge in [-0.25, -0.2) is 0 Å². The molecular formula is C14H27N3O. The molecule has 0 saturated carbocycles. The van der Waals surface area contributed by atoms with E-state index in [1.165, 1.54) is 12.8 Å². The molecule has 2 aliphatic heterocycles. The predicted molar refractivity (Wildman–Crippen MR) is 73.5 cm³/mol. The summed E-state index contributed by atoms with van der Waals surface area (Å²) in [6, 6.07) is 1.09. The molecule has 18 heavy (non-hydrogen) atoms. The average Bonchev–Trinajstić information content (AvgIpc) is 2.86. The molecule has 4 heteroatoms. The van der Waals surface area contributed by atoms with E-state index in [1.807, 2.05) is 11.8 Å². The van der Waals surface area contributed by atoms with Gasteiger partial charge in [0.15, 0.2) is 0 Å². The SMILES string of the molecule is CC(NC1CCN(C)C(C)C1)C(=O)N1CCCC1. The Hall–Kier alpha value is -0.610. The van der Waals surface area contributed by atoms with Crippen molar-refractivity contribution in [3.63, 3.8) is 0 Å². The van der Waals surface area contributed by atoms with Crippen LogP contribution in [0.15, 0.2) is 0 Å². The largest absolute Gasteiger partial charge is 0.341 e. The van der Waals surface area contributed by atoms with Crippen LogP contribution >= 0.6 is 0 Å². The van der Waals surface area contributed by atoms with Gasteiger partial charge in [0.25, 0.3) is 0 Å². The third kappa shape index (κ3) is 3.23. The van der Waals surface area contributed by atoms with E-state index in [9.17, 15) is 4.79 Å². The molecule has 0 spiro atoms. The first-order valence-corrected chi connectivity index (χ1v) is 7.33. The molecule has 0 aromatic heterocycles. The molecule has 0 aromatic rings. The lowest BCUT2D eigenvalue weighted by atomic mass is 9.98. The molecule has 1 N–H and O–H groups in total. The van der Waals surface area contributed by atoms with E-state index < -0.39 is 0 Å². The zero-order valence-electron chi connectivity index (χ0n) is 12.0. The van der Waals surface area contributed by atoms with Gasteiger partial charge in [0, 0.05) is 25.2 Å². The van der Waals surface area contributed by atoms with Crippen LogP contribution in [-0.4, -0.2) is 60.5 Å². The summed E-state index contributed by atoms with van der Waals surface area (Å²) >= 11 is 0. The molecule has 3 unspecified atom stereocenters. The highest BCUT2D eigenvalue weighted by Crippen LogP contribution is 2.16. The van der Waals surface area contributed by atoms with Crippen molar-refractivity contribution in [3.05, 3.63) is 0 Å². The molecule has 1 amide bonds. The fourth-order valence-electron chi connectivity index (χ4n) is 3.08. The Morgan fingerprint density at radius 3 is 2.56 bits per heavy atom. The predicted octanol–water partition coefficient (Wildman–Crippen LogP) is 1.07. The number of nitrogens with zero attached hydrogens (tertiary/aromatic N) is 2. The van der Waals surface area contributed by atoms with Crippen molar-refractivity contribution in [3.8, 4) is 0 Å². The number of hydrogen-bond acceptors (Lipinski definition) is 3. The third-order valence-corrected chi connectivity index (χ3v) is 4.48. The maximum Gasteiger partial charge on any atom is 0.239 e.